The number of hydrogen-bond acceptors (Lipinski definition) is 2. The second-order valence-electron chi connectivity index (χ2n) is 8.31. The molecule has 1 aliphatic carbocycles. The Balaban J connectivity index is 1.53. The van der Waals surface area contributed by atoms with Crippen molar-refractivity contribution in [1.82, 2.24) is 0 Å². The lowest BCUT2D eigenvalue weighted by atomic mass is 9.78. The van der Waals surface area contributed by atoms with E-state index in [0.717, 1.165) is 24.3 Å². The Kier molecular flexibility index (Phi) is 6.79. The van der Waals surface area contributed by atoms with Crippen molar-refractivity contribution in [3.63, 3.8) is 0 Å². The van der Waals surface area contributed by atoms with E-state index in [2.05, 4.69) is 26.0 Å². The maximum Gasteiger partial charge on any atom is 0.136 e. The Morgan fingerprint density at radius 2 is 1.72 bits per heavy atom. The topological polar surface area (TPSA) is 18.5 Å². The first-order valence-electron chi connectivity index (χ1n) is 10.4. The molecule has 0 heterocycles. The van der Waals surface area contributed by atoms with E-state index in [1.54, 1.807) is 12.2 Å². The molecule has 29 heavy (non-hydrogen) atoms. The summed E-state index contributed by atoms with van der Waals surface area (Å²) in [5.74, 6) is 2.31. The molecule has 0 N–H and O–H groups in total. The summed E-state index contributed by atoms with van der Waals surface area (Å²) in [7, 11) is 0. The Labute approximate surface area is 174 Å². The molecule has 2 nitrogen and oxygen atoms in total. The van der Waals surface area contributed by atoms with Gasteiger partial charge in [-0.15, -0.1) is 0 Å². The fourth-order valence-electron chi connectivity index (χ4n) is 3.75. The van der Waals surface area contributed by atoms with Crippen LogP contribution in [-0.4, -0.2) is 12.3 Å². The zero-order valence-electron chi connectivity index (χ0n) is 17.7. The molecule has 2 aromatic carbocycles. The number of benzene rings is 2. The number of hydrogen-bond donors (Lipinski definition) is 0. The van der Waals surface area contributed by atoms with E-state index in [1.165, 1.54) is 5.56 Å². The van der Waals surface area contributed by atoms with Gasteiger partial charge in [-0.3, -0.25) is 0 Å². The van der Waals surface area contributed by atoms with E-state index in [-0.39, 0.29) is 11.8 Å². The lowest BCUT2D eigenvalue weighted by Gasteiger charge is -2.29. The summed E-state index contributed by atoms with van der Waals surface area (Å²) in [6.45, 7) is 7.08. The first-order chi connectivity index (χ1) is 13.9. The van der Waals surface area contributed by atoms with Crippen LogP contribution in [0.5, 0.6) is 11.5 Å². The van der Waals surface area contributed by atoms with Crippen LogP contribution in [0.25, 0.3) is 0 Å². The van der Waals surface area contributed by atoms with Gasteiger partial charge in [0.1, 0.15) is 22.9 Å². The molecule has 1 unspecified atom stereocenters. The van der Waals surface area contributed by atoms with E-state index in [4.69, 9.17) is 9.47 Å². The Morgan fingerprint density at radius 1 is 1.00 bits per heavy atom. The number of ether oxygens (including phenoxy) is 2. The lowest BCUT2D eigenvalue weighted by molar-refractivity contribution is 0.179. The van der Waals surface area contributed by atoms with Gasteiger partial charge in [0.15, 0.2) is 0 Å². The molecule has 1 aliphatic rings. The maximum absolute atomic E-state index is 15.4. The standard InChI is InChI=1S/C26H31FO2/c1-4-28-22-15-13-21(14-16-22)25(2,3)17-9-19-26(27)18-8-12-24(20-26)29-23-10-6-5-7-11-23/h5-8,10-16,18H,4,9,17,19-20H2,1-3H3. The third kappa shape index (κ3) is 5.96. The third-order valence-electron chi connectivity index (χ3n) is 5.48. The normalized spacial score (nSPS) is 19.0. The predicted molar refractivity (Wildman–Crippen MR) is 117 cm³/mol. The molecule has 0 saturated heterocycles. The predicted octanol–water partition coefficient (Wildman–Crippen LogP) is 7.16. The summed E-state index contributed by atoms with van der Waals surface area (Å²) < 4.78 is 26.8. The van der Waals surface area contributed by atoms with E-state index < -0.39 is 5.67 Å². The summed E-state index contributed by atoms with van der Waals surface area (Å²) in [4.78, 5) is 0. The number of para-hydroxylation sites is 1. The zero-order chi connectivity index (χ0) is 20.7. The van der Waals surface area contributed by atoms with Crippen LogP contribution in [0.4, 0.5) is 4.39 Å². The van der Waals surface area contributed by atoms with E-state index in [9.17, 15) is 0 Å². The highest BCUT2D eigenvalue weighted by Crippen LogP contribution is 2.36. The van der Waals surface area contributed by atoms with Crippen molar-refractivity contribution in [2.24, 2.45) is 0 Å². The minimum Gasteiger partial charge on any atom is -0.494 e. The Bertz CT molecular complexity index is 837. The van der Waals surface area contributed by atoms with E-state index in [0.29, 0.717) is 18.8 Å². The summed E-state index contributed by atoms with van der Waals surface area (Å²) >= 11 is 0. The first-order valence-corrected chi connectivity index (χ1v) is 10.4. The average Bonchev–Trinajstić information content (AvgIpc) is 2.69. The monoisotopic (exact) mass is 394 g/mol. The highest BCUT2D eigenvalue weighted by Gasteiger charge is 2.31. The van der Waals surface area contributed by atoms with Gasteiger partial charge < -0.3 is 9.47 Å². The Morgan fingerprint density at radius 3 is 2.41 bits per heavy atom. The van der Waals surface area contributed by atoms with Gasteiger partial charge in [-0.2, -0.15) is 0 Å². The van der Waals surface area contributed by atoms with Gasteiger partial charge >= 0.3 is 0 Å². The van der Waals surface area contributed by atoms with Gasteiger partial charge in [-0.1, -0.05) is 50.3 Å². The van der Waals surface area contributed by atoms with Crippen LogP contribution in [0.2, 0.25) is 0 Å². The first kappa shape index (κ1) is 21.2. The van der Waals surface area contributed by atoms with Crippen LogP contribution in [-0.2, 0) is 5.41 Å². The molecule has 0 saturated carbocycles. The zero-order valence-corrected chi connectivity index (χ0v) is 17.7. The second-order valence-corrected chi connectivity index (χ2v) is 8.31. The SMILES string of the molecule is CCOc1ccc(C(C)(C)CCCC2(F)C=CC=C(Oc3ccccc3)C2)cc1. The summed E-state index contributed by atoms with van der Waals surface area (Å²) in [5, 5.41) is 0. The fraction of sp³-hybridized carbons (Fsp3) is 0.385. The molecule has 3 heteroatoms. The highest BCUT2D eigenvalue weighted by molar-refractivity contribution is 5.32. The smallest absolute Gasteiger partial charge is 0.136 e. The molecule has 1 atom stereocenters. The van der Waals surface area contributed by atoms with Crippen molar-refractivity contribution in [2.45, 2.75) is 57.5 Å². The summed E-state index contributed by atoms with van der Waals surface area (Å²) in [6, 6.07) is 17.8. The van der Waals surface area contributed by atoms with Gasteiger partial charge in [0, 0.05) is 6.42 Å². The lowest BCUT2D eigenvalue weighted by Crippen LogP contribution is -2.25. The second kappa shape index (κ2) is 9.30. The number of alkyl halides is 1. The van der Waals surface area contributed by atoms with Gasteiger partial charge in [-0.05, 0) is 73.6 Å². The highest BCUT2D eigenvalue weighted by atomic mass is 19.1. The van der Waals surface area contributed by atoms with Crippen LogP contribution in [0.3, 0.4) is 0 Å². The molecule has 154 valence electrons. The number of allylic oxidation sites excluding steroid dienone is 4. The van der Waals surface area contributed by atoms with E-state index in [1.807, 2.05) is 55.5 Å². The van der Waals surface area contributed by atoms with E-state index >= 15 is 4.39 Å². The van der Waals surface area contributed by atoms with Crippen molar-refractivity contribution in [1.29, 1.82) is 0 Å². The molecule has 0 bridgehead atoms. The largest absolute Gasteiger partial charge is 0.494 e. The average molecular weight is 395 g/mol. The van der Waals surface area contributed by atoms with Crippen LogP contribution in [0.1, 0.15) is 52.0 Å². The Hall–Kier alpha value is -2.55. The van der Waals surface area contributed by atoms with Crippen molar-refractivity contribution >= 4 is 0 Å². The molecule has 0 spiro atoms. The van der Waals surface area contributed by atoms with Crippen LogP contribution < -0.4 is 9.47 Å². The molecular weight excluding hydrogens is 363 g/mol. The van der Waals surface area contributed by atoms with Gasteiger partial charge in [0.05, 0.1) is 6.61 Å². The van der Waals surface area contributed by atoms with Crippen molar-refractivity contribution < 1.29 is 13.9 Å². The van der Waals surface area contributed by atoms with Gasteiger partial charge in [0.2, 0.25) is 0 Å². The third-order valence-corrected chi connectivity index (χ3v) is 5.48. The molecule has 0 fully saturated rings. The molecule has 3 rings (SSSR count). The summed E-state index contributed by atoms with van der Waals surface area (Å²) in [5.41, 5.74) is -0.118. The van der Waals surface area contributed by atoms with Crippen LogP contribution in [0.15, 0.2) is 78.6 Å². The molecule has 0 aliphatic heterocycles. The van der Waals surface area contributed by atoms with Crippen molar-refractivity contribution in [3.05, 3.63) is 84.1 Å². The number of halogens is 1. The van der Waals surface area contributed by atoms with Gasteiger partial charge in [0.25, 0.3) is 0 Å². The quantitative estimate of drug-likeness (QED) is 0.449. The molecule has 0 aromatic heterocycles. The van der Waals surface area contributed by atoms with Gasteiger partial charge in [-0.25, -0.2) is 4.39 Å². The minimum atomic E-state index is -1.35. The fourth-order valence-corrected chi connectivity index (χ4v) is 3.75. The van der Waals surface area contributed by atoms with Crippen molar-refractivity contribution in [3.8, 4) is 11.5 Å². The molecule has 0 radical (unpaired) electrons. The summed E-state index contributed by atoms with van der Waals surface area (Å²) in [6.07, 6.45) is 7.79. The molecule has 2 aromatic rings. The maximum atomic E-state index is 15.4. The van der Waals surface area contributed by atoms with Crippen LogP contribution >= 0.6 is 0 Å². The van der Waals surface area contributed by atoms with Crippen molar-refractivity contribution in [2.75, 3.05) is 6.61 Å². The minimum absolute atomic E-state index is 0.0152. The molecule has 0 amide bonds. The number of rotatable bonds is 9. The molecular formula is C26H31FO2. The van der Waals surface area contributed by atoms with Crippen LogP contribution in [0, 0.1) is 0 Å².